The van der Waals surface area contributed by atoms with Gasteiger partial charge in [-0.1, -0.05) is 60.1 Å². The number of anilines is 1. The maximum atomic E-state index is 13.7. The van der Waals surface area contributed by atoms with E-state index in [1.807, 2.05) is 12.1 Å². The number of halogens is 4. The summed E-state index contributed by atoms with van der Waals surface area (Å²) in [6, 6.07) is 18.1. The molecule has 0 bridgehead atoms. The topological polar surface area (TPSA) is 68.3 Å². The Morgan fingerprint density at radius 2 is 1.66 bits per heavy atom. The van der Waals surface area contributed by atoms with Crippen LogP contribution in [0.2, 0.25) is 5.02 Å². The number of para-hydroxylation sites is 1. The van der Waals surface area contributed by atoms with Gasteiger partial charge in [-0.25, -0.2) is 4.79 Å². The average Bonchev–Trinajstić information content (AvgIpc) is 2.91. The number of rotatable bonds is 5. The molecule has 0 radical (unpaired) electrons. The van der Waals surface area contributed by atoms with E-state index in [1.165, 1.54) is 0 Å². The van der Waals surface area contributed by atoms with E-state index in [0.29, 0.717) is 28.5 Å². The molecule has 0 saturated heterocycles. The SMILES string of the molecule is O=C(O[C@H](C(=O)Nc1cc(C(F)(F)F)ccc1Cl)c1ccccc1)c1c2c(nc3ccccc13)CCCC2. The molecule has 38 heavy (non-hydrogen) atoms. The molecular formula is C29H22ClF3N2O3. The molecule has 5 nitrogen and oxygen atoms in total. The molecule has 3 aromatic carbocycles. The molecule has 1 aliphatic carbocycles. The standard InChI is InChI=1S/C29H22ClF3N2O3/c30-21-15-14-18(29(31,32)33)16-24(21)35-27(36)26(17-8-2-1-3-9-17)38-28(37)25-19-10-4-6-12-22(19)34-23-13-7-5-11-20(23)25/h1-4,6,8-10,12,14-16,26H,5,7,11,13H2,(H,35,36)/t26-/m0/s1. The van der Waals surface area contributed by atoms with E-state index in [2.05, 4.69) is 5.32 Å². The van der Waals surface area contributed by atoms with Gasteiger partial charge in [0, 0.05) is 16.6 Å². The monoisotopic (exact) mass is 538 g/mol. The Bertz CT molecular complexity index is 1520. The summed E-state index contributed by atoms with van der Waals surface area (Å²) in [6.07, 6.45) is -2.84. The highest BCUT2D eigenvalue weighted by atomic mass is 35.5. The highest BCUT2D eigenvalue weighted by Gasteiger charge is 2.33. The lowest BCUT2D eigenvalue weighted by Gasteiger charge is -2.23. The van der Waals surface area contributed by atoms with Crippen LogP contribution in [0.5, 0.6) is 0 Å². The van der Waals surface area contributed by atoms with Crippen LogP contribution in [0.4, 0.5) is 18.9 Å². The molecule has 0 fully saturated rings. The molecule has 5 rings (SSSR count). The second kappa shape index (κ2) is 10.5. The molecule has 194 valence electrons. The molecule has 0 saturated carbocycles. The molecule has 1 N–H and O–H groups in total. The van der Waals surface area contributed by atoms with E-state index in [-0.39, 0.29) is 10.7 Å². The first kappa shape index (κ1) is 25.7. The quantitative estimate of drug-likeness (QED) is 0.270. The second-order valence-corrected chi connectivity index (χ2v) is 9.42. The van der Waals surface area contributed by atoms with Crippen LogP contribution in [-0.2, 0) is 28.5 Å². The Balaban J connectivity index is 1.52. The van der Waals surface area contributed by atoms with Gasteiger partial charge in [-0.3, -0.25) is 9.78 Å². The fourth-order valence-corrected chi connectivity index (χ4v) is 4.83. The molecule has 9 heteroatoms. The predicted molar refractivity (Wildman–Crippen MR) is 138 cm³/mol. The zero-order valence-corrected chi connectivity index (χ0v) is 20.8. The van der Waals surface area contributed by atoms with Crippen molar-refractivity contribution in [2.45, 2.75) is 38.0 Å². The minimum absolute atomic E-state index is 0.0846. The lowest BCUT2D eigenvalue weighted by molar-refractivity contribution is -0.137. The van der Waals surface area contributed by atoms with Crippen LogP contribution in [-0.4, -0.2) is 16.9 Å². The first-order valence-corrected chi connectivity index (χ1v) is 12.4. The molecule has 1 aliphatic rings. The van der Waals surface area contributed by atoms with Crippen molar-refractivity contribution in [1.29, 1.82) is 0 Å². The number of alkyl halides is 3. The number of hydrogen-bond acceptors (Lipinski definition) is 4. The number of esters is 1. The highest BCUT2D eigenvalue weighted by Crippen LogP contribution is 2.35. The molecule has 0 aliphatic heterocycles. The number of aryl methyl sites for hydroxylation is 1. The fourth-order valence-electron chi connectivity index (χ4n) is 4.67. The summed E-state index contributed by atoms with van der Waals surface area (Å²) in [7, 11) is 0. The van der Waals surface area contributed by atoms with Crippen molar-refractivity contribution in [3.8, 4) is 0 Å². The smallest absolute Gasteiger partial charge is 0.416 e. The van der Waals surface area contributed by atoms with Gasteiger partial charge >= 0.3 is 12.1 Å². The Morgan fingerprint density at radius 1 is 0.947 bits per heavy atom. The van der Waals surface area contributed by atoms with Crippen molar-refractivity contribution in [3.05, 3.63) is 106 Å². The maximum Gasteiger partial charge on any atom is 0.416 e. The number of carbonyl (C=O) groups is 2. The summed E-state index contributed by atoms with van der Waals surface area (Å²) >= 11 is 6.09. The van der Waals surface area contributed by atoms with E-state index < -0.39 is 29.7 Å². The number of pyridine rings is 1. The molecule has 1 aromatic heterocycles. The Morgan fingerprint density at radius 3 is 2.42 bits per heavy atom. The Hall–Kier alpha value is -3.91. The van der Waals surface area contributed by atoms with Crippen molar-refractivity contribution >= 4 is 40.1 Å². The van der Waals surface area contributed by atoms with Crippen molar-refractivity contribution in [1.82, 2.24) is 4.98 Å². The van der Waals surface area contributed by atoms with E-state index >= 15 is 0 Å². The minimum atomic E-state index is -4.63. The summed E-state index contributed by atoms with van der Waals surface area (Å²) in [4.78, 5) is 31.9. The second-order valence-electron chi connectivity index (χ2n) is 9.01. The van der Waals surface area contributed by atoms with E-state index in [9.17, 15) is 22.8 Å². The van der Waals surface area contributed by atoms with E-state index in [0.717, 1.165) is 48.7 Å². The van der Waals surface area contributed by atoms with Gasteiger partial charge in [-0.15, -0.1) is 0 Å². The Labute approximate surface area is 221 Å². The van der Waals surface area contributed by atoms with Crippen LogP contribution in [0.25, 0.3) is 10.9 Å². The summed E-state index contributed by atoms with van der Waals surface area (Å²) in [5.41, 5.74) is 1.78. The molecule has 0 unspecified atom stereocenters. The number of hydrogen-bond donors (Lipinski definition) is 1. The largest absolute Gasteiger partial charge is 0.444 e. The highest BCUT2D eigenvalue weighted by molar-refractivity contribution is 6.33. The van der Waals surface area contributed by atoms with Crippen LogP contribution in [0, 0.1) is 0 Å². The van der Waals surface area contributed by atoms with Crippen molar-refractivity contribution in [3.63, 3.8) is 0 Å². The van der Waals surface area contributed by atoms with Crippen LogP contribution in [0.3, 0.4) is 0 Å². The number of fused-ring (bicyclic) bond motifs is 2. The zero-order chi connectivity index (χ0) is 26.9. The third-order valence-corrected chi connectivity index (χ3v) is 6.82. The van der Waals surface area contributed by atoms with Crippen LogP contribution in [0.15, 0.2) is 72.8 Å². The van der Waals surface area contributed by atoms with Crippen LogP contribution >= 0.6 is 11.6 Å². The molecule has 1 amide bonds. The summed E-state index contributed by atoms with van der Waals surface area (Å²) in [5, 5.41) is 2.95. The molecular weight excluding hydrogens is 517 g/mol. The summed E-state index contributed by atoms with van der Waals surface area (Å²) < 4.78 is 45.6. The normalized spacial score (nSPS) is 14.0. The first-order chi connectivity index (χ1) is 18.2. The van der Waals surface area contributed by atoms with Gasteiger partial charge in [0.2, 0.25) is 6.10 Å². The Kier molecular flexibility index (Phi) is 7.08. The number of carbonyl (C=O) groups excluding carboxylic acids is 2. The number of aromatic nitrogens is 1. The van der Waals surface area contributed by atoms with E-state index in [4.69, 9.17) is 21.3 Å². The number of benzene rings is 3. The van der Waals surface area contributed by atoms with Gasteiger partial charge in [0.05, 0.1) is 27.4 Å². The number of amides is 1. The molecule has 4 aromatic rings. The van der Waals surface area contributed by atoms with Gasteiger partial charge in [0.1, 0.15) is 0 Å². The lowest BCUT2D eigenvalue weighted by atomic mass is 9.90. The van der Waals surface area contributed by atoms with Crippen molar-refractivity contribution in [2.75, 3.05) is 5.32 Å². The van der Waals surface area contributed by atoms with Gasteiger partial charge in [-0.05, 0) is 55.5 Å². The molecule has 0 spiro atoms. The molecule has 1 heterocycles. The predicted octanol–water partition coefficient (Wildman–Crippen LogP) is 7.32. The van der Waals surface area contributed by atoms with E-state index in [1.54, 1.807) is 42.5 Å². The lowest BCUT2D eigenvalue weighted by Crippen LogP contribution is -2.27. The third-order valence-electron chi connectivity index (χ3n) is 6.49. The van der Waals surface area contributed by atoms with Gasteiger partial charge in [0.25, 0.3) is 5.91 Å². The van der Waals surface area contributed by atoms with Gasteiger partial charge in [0.15, 0.2) is 0 Å². The zero-order valence-electron chi connectivity index (χ0n) is 20.0. The van der Waals surface area contributed by atoms with Gasteiger partial charge in [-0.2, -0.15) is 13.2 Å². The first-order valence-electron chi connectivity index (χ1n) is 12.1. The summed E-state index contributed by atoms with van der Waals surface area (Å²) in [5.74, 6) is -1.54. The molecule has 1 atom stereocenters. The number of ether oxygens (including phenoxy) is 1. The minimum Gasteiger partial charge on any atom is -0.444 e. The third kappa shape index (κ3) is 5.22. The fraction of sp³-hybridized carbons (Fsp3) is 0.207. The van der Waals surface area contributed by atoms with Gasteiger partial charge < -0.3 is 10.1 Å². The van der Waals surface area contributed by atoms with Crippen LogP contribution < -0.4 is 5.32 Å². The maximum absolute atomic E-state index is 13.7. The van der Waals surface area contributed by atoms with Crippen molar-refractivity contribution < 1.29 is 27.5 Å². The summed E-state index contributed by atoms with van der Waals surface area (Å²) in [6.45, 7) is 0. The van der Waals surface area contributed by atoms with Crippen molar-refractivity contribution in [2.24, 2.45) is 0 Å². The number of nitrogens with one attached hydrogen (secondary N) is 1. The average molecular weight is 539 g/mol. The van der Waals surface area contributed by atoms with Crippen LogP contribution in [0.1, 0.15) is 51.7 Å². The number of nitrogens with zero attached hydrogens (tertiary/aromatic N) is 1.